The van der Waals surface area contributed by atoms with Gasteiger partial charge in [-0.25, -0.2) is 9.59 Å². The number of hydrogen-bond donors (Lipinski definition) is 3. The zero-order valence-corrected chi connectivity index (χ0v) is 16.4. The number of thioether (sulfide) groups is 1. The van der Waals surface area contributed by atoms with Gasteiger partial charge in [-0.15, -0.1) is 0 Å². The van der Waals surface area contributed by atoms with Gasteiger partial charge in [-0.1, -0.05) is 30.3 Å². The lowest BCUT2D eigenvalue weighted by atomic mass is 10.2. The fraction of sp³-hybridized carbons (Fsp3) is 0.556. The Morgan fingerprint density at radius 3 is 2.42 bits per heavy atom. The van der Waals surface area contributed by atoms with E-state index in [0.717, 1.165) is 5.56 Å². The lowest BCUT2D eigenvalue weighted by Gasteiger charge is -2.24. The summed E-state index contributed by atoms with van der Waals surface area (Å²) in [6.07, 6.45) is -0.673. The van der Waals surface area contributed by atoms with Gasteiger partial charge in [0.15, 0.2) is 0 Å². The number of ether oxygens (including phenoxy) is 2. The maximum atomic E-state index is 12.4. The van der Waals surface area contributed by atoms with Crippen molar-refractivity contribution in [2.75, 3.05) is 18.1 Å². The monoisotopic (exact) mass is 383 g/mol. The number of rotatable bonds is 9. The van der Waals surface area contributed by atoms with Gasteiger partial charge in [0.2, 0.25) is 0 Å². The number of amides is 1. The van der Waals surface area contributed by atoms with Crippen LogP contribution in [-0.4, -0.2) is 47.8 Å². The van der Waals surface area contributed by atoms with Gasteiger partial charge in [0.1, 0.15) is 18.2 Å². The van der Waals surface area contributed by atoms with Gasteiger partial charge in [0, 0.05) is 24.1 Å². The smallest absolute Gasteiger partial charge is 0.408 e. The van der Waals surface area contributed by atoms with Crippen molar-refractivity contribution in [2.24, 2.45) is 11.5 Å². The molecule has 0 fully saturated rings. The van der Waals surface area contributed by atoms with Crippen molar-refractivity contribution >= 4 is 23.8 Å². The van der Waals surface area contributed by atoms with E-state index in [0.29, 0.717) is 18.1 Å². The minimum atomic E-state index is -0.826. The number of esters is 1. The Morgan fingerprint density at radius 1 is 1.19 bits per heavy atom. The van der Waals surface area contributed by atoms with Gasteiger partial charge >= 0.3 is 12.1 Å². The summed E-state index contributed by atoms with van der Waals surface area (Å²) in [6.45, 7) is 5.79. The van der Waals surface area contributed by atoms with E-state index in [1.807, 2.05) is 30.3 Å². The quantitative estimate of drug-likeness (QED) is 0.555. The van der Waals surface area contributed by atoms with E-state index < -0.39 is 23.7 Å². The number of carbonyl (C=O) groups is 2. The zero-order chi connectivity index (χ0) is 19.6. The second-order valence-electron chi connectivity index (χ2n) is 6.83. The molecule has 0 saturated carbocycles. The highest BCUT2D eigenvalue weighted by Gasteiger charge is 2.27. The molecule has 0 saturated heterocycles. The molecule has 0 aliphatic carbocycles. The summed E-state index contributed by atoms with van der Waals surface area (Å²) >= 11 is 1.43. The predicted molar refractivity (Wildman–Crippen MR) is 104 cm³/mol. The third kappa shape index (κ3) is 9.65. The number of nitrogens with two attached hydrogens (primary N) is 2. The van der Waals surface area contributed by atoms with E-state index in [-0.39, 0.29) is 12.6 Å². The summed E-state index contributed by atoms with van der Waals surface area (Å²) in [7, 11) is 0. The van der Waals surface area contributed by atoms with Crippen LogP contribution in [0.5, 0.6) is 0 Å². The number of carbonyl (C=O) groups excluding carboxylic acids is 2. The van der Waals surface area contributed by atoms with Crippen LogP contribution in [-0.2, 0) is 20.9 Å². The normalized spacial score (nSPS) is 13.6. The first-order valence-electron chi connectivity index (χ1n) is 8.44. The minimum absolute atomic E-state index is 0.124. The first-order chi connectivity index (χ1) is 12.2. The summed E-state index contributed by atoms with van der Waals surface area (Å²) in [5, 5.41) is 2.57. The van der Waals surface area contributed by atoms with Crippen LogP contribution in [0.25, 0.3) is 0 Å². The summed E-state index contributed by atoms with van der Waals surface area (Å²) in [5.74, 6) is 0.391. The maximum Gasteiger partial charge on any atom is 0.408 e. The molecule has 5 N–H and O–H groups in total. The van der Waals surface area contributed by atoms with E-state index in [1.165, 1.54) is 11.8 Å². The summed E-state index contributed by atoms with van der Waals surface area (Å²) in [6, 6.07) is 8.31. The van der Waals surface area contributed by atoms with Crippen LogP contribution in [0, 0.1) is 0 Å². The van der Waals surface area contributed by atoms with Crippen LogP contribution in [0.3, 0.4) is 0 Å². The molecule has 0 radical (unpaired) electrons. The minimum Gasteiger partial charge on any atom is -0.458 e. The second-order valence-corrected chi connectivity index (χ2v) is 7.90. The Kier molecular flexibility index (Phi) is 9.47. The molecule has 1 aromatic carbocycles. The Balaban J connectivity index is 2.58. The molecule has 1 amide bonds. The maximum absolute atomic E-state index is 12.4. The molecule has 0 aliphatic rings. The van der Waals surface area contributed by atoms with Crippen LogP contribution >= 0.6 is 11.8 Å². The van der Waals surface area contributed by atoms with Gasteiger partial charge < -0.3 is 26.3 Å². The Morgan fingerprint density at radius 2 is 1.85 bits per heavy atom. The molecule has 26 heavy (non-hydrogen) atoms. The van der Waals surface area contributed by atoms with Gasteiger partial charge in [-0.05, 0) is 26.3 Å². The molecule has 0 spiro atoms. The van der Waals surface area contributed by atoms with E-state index in [4.69, 9.17) is 20.9 Å². The van der Waals surface area contributed by atoms with Gasteiger partial charge in [-0.2, -0.15) is 11.8 Å². The fourth-order valence-corrected chi connectivity index (χ4v) is 2.88. The van der Waals surface area contributed by atoms with E-state index in [2.05, 4.69) is 5.32 Å². The second kappa shape index (κ2) is 11.1. The topological polar surface area (TPSA) is 117 Å². The molecular weight excluding hydrogens is 354 g/mol. The van der Waals surface area contributed by atoms with E-state index in [9.17, 15) is 9.59 Å². The van der Waals surface area contributed by atoms with E-state index in [1.54, 1.807) is 20.8 Å². The standard InChI is InChI=1S/C18H29N3O4S/c1-18(2,3)25-16(22)15(12-26-11-14(20)9-19)21-17(23)24-10-13-7-5-4-6-8-13/h4-8,14-15H,9-12,19-20H2,1-3H3,(H,21,23). The molecule has 0 heterocycles. The lowest BCUT2D eigenvalue weighted by Crippen LogP contribution is -2.46. The van der Waals surface area contributed by atoms with Crippen molar-refractivity contribution in [3.05, 3.63) is 35.9 Å². The molecule has 0 aromatic heterocycles. The number of alkyl carbamates (subject to hydrolysis) is 1. The highest BCUT2D eigenvalue weighted by atomic mass is 32.2. The highest BCUT2D eigenvalue weighted by molar-refractivity contribution is 7.99. The van der Waals surface area contributed by atoms with Crippen LogP contribution in [0.2, 0.25) is 0 Å². The van der Waals surface area contributed by atoms with Crippen molar-refractivity contribution < 1.29 is 19.1 Å². The lowest BCUT2D eigenvalue weighted by molar-refractivity contribution is -0.156. The van der Waals surface area contributed by atoms with E-state index >= 15 is 0 Å². The van der Waals surface area contributed by atoms with Crippen molar-refractivity contribution in [1.29, 1.82) is 0 Å². The van der Waals surface area contributed by atoms with Crippen molar-refractivity contribution in [3.8, 4) is 0 Å². The van der Waals surface area contributed by atoms with Crippen LogP contribution < -0.4 is 16.8 Å². The SMILES string of the molecule is CC(C)(C)OC(=O)C(CSCC(N)CN)NC(=O)OCc1ccccc1. The van der Waals surface area contributed by atoms with Gasteiger partial charge in [0.25, 0.3) is 0 Å². The number of benzene rings is 1. The molecule has 1 aromatic rings. The van der Waals surface area contributed by atoms with Crippen LogP contribution in [0.15, 0.2) is 30.3 Å². The third-order valence-electron chi connectivity index (χ3n) is 3.12. The first kappa shape index (κ1) is 22.3. The molecular formula is C18H29N3O4S. The first-order valence-corrected chi connectivity index (χ1v) is 9.60. The average Bonchev–Trinajstić information content (AvgIpc) is 2.58. The molecule has 146 valence electrons. The Labute approximate surface area is 159 Å². The highest BCUT2D eigenvalue weighted by Crippen LogP contribution is 2.12. The fourth-order valence-electron chi connectivity index (χ4n) is 1.85. The molecule has 1 rings (SSSR count). The molecule has 0 aliphatic heterocycles. The molecule has 8 heteroatoms. The van der Waals surface area contributed by atoms with Gasteiger partial charge in [-0.3, -0.25) is 0 Å². The zero-order valence-electron chi connectivity index (χ0n) is 15.6. The molecule has 2 atom stereocenters. The van der Waals surface area contributed by atoms with Crippen LogP contribution in [0.4, 0.5) is 4.79 Å². The van der Waals surface area contributed by atoms with Gasteiger partial charge in [0.05, 0.1) is 0 Å². The molecule has 7 nitrogen and oxygen atoms in total. The van der Waals surface area contributed by atoms with Crippen molar-refractivity contribution in [1.82, 2.24) is 5.32 Å². The van der Waals surface area contributed by atoms with Crippen molar-refractivity contribution in [2.45, 2.75) is 45.1 Å². The average molecular weight is 384 g/mol. The summed E-state index contributed by atoms with van der Waals surface area (Å²) in [4.78, 5) is 24.4. The molecule has 2 unspecified atom stereocenters. The Bertz CT molecular complexity index is 563. The number of nitrogens with one attached hydrogen (secondary N) is 1. The third-order valence-corrected chi connectivity index (χ3v) is 4.35. The predicted octanol–water partition coefficient (Wildman–Crippen LogP) is 1.64. The Hall–Kier alpha value is -1.77. The largest absolute Gasteiger partial charge is 0.458 e. The van der Waals surface area contributed by atoms with Crippen molar-refractivity contribution in [3.63, 3.8) is 0 Å². The molecule has 0 bridgehead atoms. The van der Waals surface area contributed by atoms with Crippen LogP contribution in [0.1, 0.15) is 26.3 Å². The number of hydrogen-bond acceptors (Lipinski definition) is 7. The summed E-state index contributed by atoms with van der Waals surface area (Å²) < 4.78 is 10.5. The summed E-state index contributed by atoms with van der Waals surface area (Å²) in [5.41, 5.74) is 11.5.